The van der Waals surface area contributed by atoms with Crippen molar-refractivity contribution < 1.29 is 9.53 Å². The summed E-state index contributed by atoms with van der Waals surface area (Å²) in [7, 11) is 0. The summed E-state index contributed by atoms with van der Waals surface area (Å²) < 4.78 is 5.90. The smallest absolute Gasteiger partial charge is 0.251 e. The molecule has 2 saturated heterocycles. The van der Waals surface area contributed by atoms with Crippen LogP contribution in [0.3, 0.4) is 0 Å². The van der Waals surface area contributed by atoms with Crippen molar-refractivity contribution in [3.8, 4) is 0 Å². The standard InChI is InChI=1S/C19H28N4O2/c1-3-20-18(24)14-7-5-6-13(10-14)12-22-19(21-4-2)23-16-11-15-8-9-17(16)25-15/h5-7,10,15-17H,3-4,8-9,11-12H2,1-2H3,(H,20,24)(H2,21,22,23). The second-order valence-corrected chi connectivity index (χ2v) is 6.62. The largest absolute Gasteiger partial charge is 0.373 e. The fourth-order valence-electron chi connectivity index (χ4n) is 3.53. The first kappa shape index (κ1) is 17.7. The zero-order valence-corrected chi connectivity index (χ0v) is 15.0. The number of hydrogen-bond donors (Lipinski definition) is 3. The molecule has 0 spiro atoms. The molecule has 2 heterocycles. The van der Waals surface area contributed by atoms with Crippen LogP contribution in [-0.2, 0) is 11.3 Å². The van der Waals surface area contributed by atoms with Gasteiger partial charge in [-0.15, -0.1) is 0 Å². The molecule has 6 nitrogen and oxygen atoms in total. The Labute approximate surface area is 149 Å². The van der Waals surface area contributed by atoms with Gasteiger partial charge in [-0.1, -0.05) is 12.1 Å². The highest BCUT2D eigenvalue weighted by molar-refractivity contribution is 5.94. The van der Waals surface area contributed by atoms with Gasteiger partial charge in [0.05, 0.1) is 24.8 Å². The Hall–Kier alpha value is -2.08. The molecule has 1 aromatic rings. The SMILES string of the molecule is CCNC(=O)c1cccc(CN=C(NCC)NC2CC3CCC2O3)c1. The summed E-state index contributed by atoms with van der Waals surface area (Å²) in [5.74, 6) is 0.768. The summed E-state index contributed by atoms with van der Waals surface area (Å²) in [6, 6.07) is 7.97. The van der Waals surface area contributed by atoms with Crippen LogP contribution in [0.1, 0.15) is 49.0 Å². The number of nitrogens with one attached hydrogen (secondary N) is 3. The van der Waals surface area contributed by atoms with Gasteiger partial charge in [-0.2, -0.15) is 0 Å². The van der Waals surface area contributed by atoms with Crippen molar-refractivity contribution in [2.75, 3.05) is 13.1 Å². The summed E-state index contributed by atoms with van der Waals surface area (Å²) in [6.45, 7) is 5.95. The van der Waals surface area contributed by atoms with E-state index in [1.54, 1.807) is 0 Å². The van der Waals surface area contributed by atoms with E-state index >= 15 is 0 Å². The molecule has 0 radical (unpaired) electrons. The number of nitrogens with zero attached hydrogens (tertiary/aromatic N) is 1. The molecular weight excluding hydrogens is 316 g/mol. The molecule has 136 valence electrons. The third-order valence-corrected chi connectivity index (χ3v) is 4.72. The number of rotatable bonds is 6. The summed E-state index contributed by atoms with van der Waals surface area (Å²) in [5, 5.41) is 9.64. The Morgan fingerprint density at radius 3 is 2.76 bits per heavy atom. The molecule has 6 heteroatoms. The summed E-state index contributed by atoms with van der Waals surface area (Å²) in [4.78, 5) is 16.6. The number of ether oxygens (including phenoxy) is 1. The van der Waals surface area contributed by atoms with Crippen molar-refractivity contribution in [1.82, 2.24) is 16.0 Å². The van der Waals surface area contributed by atoms with E-state index in [1.807, 2.05) is 31.2 Å². The Morgan fingerprint density at radius 1 is 1.24 bits per heavy atom. The van der Waals surface area contributed by atoms with E-state index in [0.29, 0.717) is 36.9 Å². The number of hydrogen-bond acceptors (Lipinski definition) is 3. The molecule has 2 aliphatic heterocycles. The van der Waals surface area contributed by atoms with Crippen LogP contribution < -0.4 is 16.0 Å². The van der Waals surface area contributed by atoms with E-state index in [0.717, 1.165) is 30.9 Å². The summed E-state index contributed by atoms with van der Waals surface area (Å²) >= 11 is 0. The van der Waals surface area contributed by atoms with Gasteiger partial charge in [0.1, 0.15) is 0 Å². The van der Waals surface area contributed by atoms with Crippen LogP contribution in [-0.4, -0.2) is 43.2 Å². The van der Waals surface area contributed by atoms with Crippen LogP contribution in [0.2, 0.25) is 0 Å². The van der Waals surface area contributed by atoms with Crippen LogP contribution in [0.4, 0.5) is 0 Å². The molecular formula is C19H28N4O2. The van der Waals surface area contributed by atoms with Gasteiger partial charge < -0.3 is 20.7 Å². The zero-order valence-electron chi connectivity index (χ0n) is 15.0. The minimum atomic E-state index is -0.0440. The first-order valence-electron chi connectivity index (χ1n) is 9.27. The first-order valence-corrected chi connectivity index (χ1v) is 9.27. The van der Waals surface area contributed by atoms with Crippen LogP contribution >= 0.6 is 0 Å². The average molecular weight is 344 g/mol. The predicted octanol–water partition coefficient (Wildman–Crippen LogP) is 1.81. The Kier molecular flexibility index (Phi) is 5.91. The van der Waals surface area contributed by atoms with E-state index in [-0.39, 0.29) is 5.91 Å². The fraction of sp³-hybridized carbons (Fsp3) is 0.579. The molecule has 3 unspecified atom stereocenters. The van der Waals surface area contributed by atoms with E-state index in [2.05, 4.69) is 27.9 Å². The highest BCUT2D eigenvalue weighted by Crippen LogP contribution is 2.34. The Morgan fingerprint density at radius 2 is 2.08 bits per heavy atom. The van der Waals surface area contributed by atoms with Crippen molar-refractivity contribution >= 4 is 11.9 Å². The second-order valence-electron chi connectivity index (χ2n) is 6.62. The third-order valence-electron chi connectivity index (χ3n) is 4.72. The van der Waals surface area contributed by atoms with Crippen molar-refractivity contribution in [2.24, 2.45) is 4.99 Å². The van der Waals surface area contributed by atoms with E-state index in [4.69, 9.17) is 4.74 Å². The lowest BCUT2D eigenvalue weighted by atomic mass is 9.96. The lowest BCUT2D eigenvalue weighted by Gasteiger charge is -2.22. The van der Waals surface area contributed by atoms with Gasteiger partial charge in [0.25, 0.3) is 5.91 Å². The maximum Gasteiger partial charge on any atom is 0.251 e. The number of amides is 1. The van der Waals surface area contributed by atoms with Gasteiger partial charge in [0.2, 0.25) is 0 Å². The maximum absolute atomic E-state index is 12.0. The van der Waals surface area contributed by atoms with Crippen LogP contribution in [0.15, 0.2) is 29.3 Å². The average Bonchev–Trinajstić information content (AvgIpc) is 3.23. The van der Waals surface area contributed by atoms with Crippen LogP contribution in [0.25, 0.3) is 0 Å². The monoisotopic (exact) mass is 344 g/mol. The van der Waals surface area contributed by atoms with Crippen molar-refractivity contribution in [3.05, 3.63) is 35.4 Å². The van der Waals surface area contributed by atoms with Gasteiger partial charge in [-0.25, -0.2) is 4.99 Å². The lowest BCUT2D eigenvalue weighted by molar-refractivity contribution is 0.0955. The minimum absolute atomic E-state index is 0.0440. The highest BCUT2D eigenvalue weighted by atomic mass is 16.5. The molecule has 0 aromatic heterocycles. The Bertz CT molecular complexity index is 632. The zero-order chi connectivity index (χ0) is 17.6. The lowest BCUT2D eigenvalue weighted by Crippen LogP contribution is -2.47. The maximum atomic E-state index is 12.0. The molecule has 2 aliphatic rings. The van der Waals surface area contributed by atoms with Crippen LogP contribution in [0, 0.1) is 0 Å². The van der Waals surface area contributed by atoms with E-state index < -0.39 is 0 Å². The Balaban J connectivity index is 1.63. The normalized spacial score (nSPS) is 25.0. The van der Waals surface area contributed by atoms with Gasteiger partial charge in [-0.3, -0.25) is 4.79 Å². The molecule has 1 aromatic carbocycles. The third kappa shape index (κ3) is 4.51. The number of fused-ring (bicyclic) bond motifs is 2. The molecule has 2 fully saturated rings. The highest BCUT2D eigenvalue weighted by Gasteiger charge is 2.41. The van der Waals surface area contributed by atoms with Crippen molar-refractivity contribution in [2.45, 2.75) is 57.9 Å². The van der Waals surface area contributed by atoms with Gasteiger partial charge in [0.15, 0.2) is 5.96 Å². The molecule has 0 saturated carbocycles. The minimum Gasteiger partial charge on any atom is -0.373 e. The van der Waals surface area contributed by atoms with Gasteiger partial charge in [0, 0.05) is 18.7 Å². The topological polar surface area (TPSA) is 74.8 Å². The van der Waals surface area contributed by atoms with E-state index in [1.165, 1.54) is 6.42 Å². The number of benzene rings is 1. The first-order chi connectivity index (χ1) is 12.2. The van der Waals surface area contributed by atoms with Gasteiger partial charge in [-0.05, 0) is 50.8 Å². The number of guanidine groups is 1. The molecule has 1 amide bonds. The molecule has 0 aliphatic carbocycles. The fourth-order valence-corrected chi connectivity index (χ4v) is 3.53. The molecule has 2 bridgehead atoms. The van der Waals surface area contributed by atoms with Crippen LogP contribution in [0.5, 0.6) is 0 Å². The van der Waals surface area contributed by atoms with E-state index in [9.17, 15) is 4.79 Å². The molecule has 3 N–H and O–H groups in total. The quantitative estimate of drug-likeness (QED) is 0.543. The second kappa shape index (κ2) is 8.34. The number of aliphatic imine (C=N–C) groups is 1. The summed E-state index contributed by atoms with van der Waals surface area (Å²) in [5.41, 5.74) is 1.69. The van der Waals surface area contributed by atoms with Crippen molar-refractivity contribution in [3.63, 3.8) is 0 Å². The van der Waals surface area contributed by atoms with Gasteiger partial charge >= 0.3 is 0 Å². The molecule has 3 rings (SSSR count). The van der Waals surface area contributed by atoms with Crippen molar-refractivity contribution in [1.29, 1.82) is 0 Å². The predicted molar refractivity (Wildman–Crippen MR) is 98.7 cm³/mol. The summed E-state index contributed by atoms with van der Waals surface area (Å²) in [6.07, 6.45) is 4.11. The molecule has 25 heavy (non-hydrogen) atoms. The number of carbonyl (C=O) groups excluding carboxylic acids is 1. The molecule has 3 atom stereocenters. The number of carbonyl (C=O) groups is 1.